The molecule has 0 aromatic carbocycles. The molecule has 0 unspecified atom stereocenters. The minimum absolute atomic E-state index is 0.281. The van der Waals surface area contributed by atoms with Crippen molar-refractivity contribution in [2.75, 3.05) is 0 Å². The van der Waals surface area contributed by atoms with E-state index in [0.29, 0.717) is 0 Å². The Labute approximate surface area is 67.2 Å². The molecule has 0 nitrogen and oxygen atoms in total. The molecule has 0 atom stereocenters. The summed E-state index contributed by atoms with van der Waals surface area (Å²) in [4.78, 5) is 0. The van der Waals surface area contributed by atoms with E-state index in [1.165, 1.54) is 3.08 Å². The summed E-state index contributed by atoms with van der Waals surface area (Å²) in [5, 5.41) is 0. The number of rotatable bonds is 1. The molecule has 0 aliphatic rings. The first-order valence-electron chi connectivity index (χ1n) is 2.72. The van der Waals surface area contributed by atoms with Crippen LogP contribution in [0.2, 0.25) is 0 Å². The average molecular weight is 319 g/mol. The van der Waals surface area contributed by atoms with Crippen molar-refractivity contribution in [1.82, 2.24) is 0 Å². The van der Waals surface area contributed by atoms with E-state index in [-0.39, 0.29) is 5.41 Å². The third-order valence-electron chi connectivity index (χ3n) is 1.22. The van der Waals surface area contributed by atoms with Gasteiger partial charge < -0.3 is 0 Å². The molecule has 0 radical (unpaired) electrons. The van der Waals surface area contributed by atoms with Gasteiger partial charge in [0, 0.05) is 0 Å². The fourth-order valence-electron chi connectivity index (χ4n) is 0.200. The van der Waals surface area contributed by atoms with Gasteiger partial charge in [0.25, 0.3) is 0 Å². The second-order valence-electron chi connectivity index (χ2n) is 2.99. The monoisotopic (exact) mass is 320 g/mol. The number of hydrogen-bond donors (Lipinski definition) is 0. The number of hydrogen-bond acceptors (Lipinski definition) is 0. The molecule has 0 aromatic rings. The van der Waals surface area contributed by atoms with Crippen LogP contribution in [0.15, 0.2) is 9.66 Å². The number of allylic oxidation sites excluding steroid dienone is 1. The quantitative estimate of drug-likeness (QED) is 0.652. The topological polar surface area (TPSA) is 0 Å². The van der Waals surface area contributed by atoms with Crippen molar-refractivity contribution >= 4 is 8.25 Å². The van der Waals surface area contributed by atoms with Crippen LogP contribution in [0.3, 0.4) is 0 Å². The molecule has 0 saturated heterocycles. The van der Waals surface area contributed by atoms with Gasteiger partial charge in [0.1, 0.15) is 0 Å². The Morgan fingerprint density at radius 3 is 1.88 bits per heavy atom. The van der Waals surface area contributed by atoms with E-state index in [1.807, 2.05) is 0 Å². The van der Waals surface area contributed by atoms with Gasteiger partial charge in [-0.2, -0.15) is 0 Å². The third kappa shape index (κ3) is 3.08. The average Bonchev–Trinajstić information content (AvgIpc) is 1.62. The Morgan fingerprint density at radius 1 is 1.50 bits per heavy atom. The first-order valence-corrected chi connectivity index (χ1v) is 12.2. The Bertz CT molecular complexity index is 91.2. The maximum absolute atomic E-state index is 5.76. The standard InChI is InChI=1S/C6H11.ClH.Hg/c1-5-6(2,3)4;;/h1H2,2-4H3;1H;/q;;+1/p-1. The maximum atomic E-state index is 5.76. The van der Waals surface area contributed by atoms with E-state index in [2.05, 4.69) is 27.4 Å². The molecule has 0 bridgehead atoms. The van der Waals surface area contributed by atoms with Gasteiger partial charge in [-0.15, -0.1) is 0 Å². The summed E-state index contributed by atoms with van der Waals surface area (Å²) >= 11 is -1.12. The molecule has 8 heavy (non-hydrogen) atoms. The van der Waals surface area contributed by atoms with Crippen molar-refractivity contribution < 1.29 is 23.3 Å². The van der Waals surface area contributed by atoms with E-state index < -0.39 is 23.3 Å². The van der Waals surface area contributed by atoms with Crippen molar-refractivity contribution in [2.24, 2.45) is 5.41 Å². The van der Waals surface area contributed by atoms with Crippen LogP contribution in [-0.2, 0) is 23.3 Å². The zero-order valence-electron chi connectivity index (χ0n) is 5.79. The van der Waals surface area contributed by atoms with Crippen LogP contribution < -0.4 is 0 Å². The predicted octanol–water partition coefficient (Wildman–Crippen LogP) is 2.78. The minimum atomic E-state index is -1.12. The number of halogens is 1. The van der Waals surface area contributed by atoms with Gasteiger partial charge in [-0.3, -0.25) is 0 Å². The van der Waals surface area contributed by atoms with Crippen LogP contribution in [0.4, 0.5) is 0 Å². The zero-order chi connectivity index (χ0) is 6.78. The second kappa shape index (κ2) is 3.21. The molecule has 0 spiro atoms. The Morgan fingerprint density at radius 2 is 1.88 bits per heavy atom. The Kier molecular flexibility index (Phi) is 3.60. The molecule has 0 rings (SSSR count). The zero-order valence-corrected chi connectivity index (χ0v) is 12.0. The molecule has 0 aliphatic heterocycles. The molecule has 0 aliphatic carbocycles. The molecular weight excluding hydrogens is 308 g/mol. The van der Waals surface area contributed by atoms with Crippen LogP contribution in [0, 0.1) is 5.41 Å². The molecular formula is C6H11ClHg. The van der Waals surface area contributed by atoms with E-state index >= 15 is 0 Å². The summed E-state index contributed by atoms with van der Waals surface area (Å²) in [6.45, 7) is 10.4. The Balaban J connectivity index is 3.82. The van der Waals surface area contributed by atoms with E-state index in [1.54, 1.807) is 0 Å². The summed E-state index contributed by atoms with van der Waals surface area (Å²) in [6.07, 6.45) is 0. The van der Waals surface area contributed by atoms with Crippen LogP contribution >= 0.6 is 8.25 Å². The van der Waals surface area contributed by atoms with Crippen molar-refractivity contribution in [2.45, 2.75) is 20.8 Å². The summed E-state index contributed by atoms with van der Waals surface area (Å²) < 4.78 is 1.32. The van der Waals surface area contributed by atoms with Crippen molar-refractivity contribution in [3.05, 3.63) is 9.66 Å². The van der Waals surface area contributed by atoms with Gasteiger partial charge in [-0.25, -0.2) is 0 Å². The molecule has 0 amide bonds. The molecule has 0 fully saturated rings. The Hall–Kier alpha value is 0.965. The predicted molar refractivity (Wildman–Crippen MR) is 34.4 cm³/mol. The van der Waals surface area contributed by atoms with Crippen LogP contribution in [-0.4, -0.2) is 0 Å². The van der Waals surface area contributed by atoms with Crippen molar-refractivity contribution in [1.29, 1.82) is 0 Å². The van der Waals surface area contributed by atoms with Crippen LogP contribution in [0.25, 0.3) is 0 Å². The van der Waals surface area contributed by atoms with E-state index in [9.17, 15) is 0 Å². The van der Waals surface area contributed by atoms with Crippen molar-refractivity contribution in [3.63, 3.8) is 0 Å². The molecule has 0 heterocycles. The molecule has 0 aromatic heterocycles. The molecule has 2 heteroatoms. The fraction of sp³-hybridized carbons (Fsp3) is 0.667. The summed E-state index contributed by atoms with van der Waals surface area (Å²) in [7, 11) is 5.76. The van der Waals surface area contributed by atoms with Gasteiger partial charge in [-0.1, -0.05) is 0 Å². The van der Waals surface area contributed by atoms with Gasteiger partial charge in [0.2, 0.25) is 0 Å². The van der Waals surface area contributed by atoms with Gasteiger partial charge in [-0.05, 0) is 0 Å². The summed E-state index contributed by atoms with van der Waals surface area (Å²) in [5.74, 6) is 0. The third-order valence-corrected chi connectivity index (χ3v) is 9.43. The van der Waals surface area contributed by atoms with Gasteiger partial charge in [0.05, 0.1) is 0 Å². The van der Waals surface area contributed by atoms with Crippen LogP contribution in [0.5, 0.6) is 0 Å². The summed E-state index contributed by atoms with van der Waals surface area (Å²) in [5.41, 5.74) is 0.281. The van der Waals surface area contributed by atoms with E-state index in [0.717, 1.165) is 0 Å². The van der Waals surface area contributed by atoms with Gasteiger partial charge in [0.15, 0.2) is 0 Å². The molecule has 0 saturated carbocycles. The summed E-state index contributed by atoms with van der Waals surface area (Å²) in [6, 6.07) is 0. The SMILES string of the molecule is C=[C]([Hg][Cl])C(C)(C)C. The normalized spacial score (nSPS) is 10.5. The first-order chi connectivity index (χ1) is 3.48. The molecule has 44 valence electrons. The fourth-order valence-corrected chi connectivity index (χ4v) is 5.28. The molecule has 0 N–H and O–H groups in total. The second-order valence-corrected chi connectivity index (χ2v) is 9.69. The first kappa shape index (κ1) is 8.97. The van der Waals surface area contributed by atoms with Crippen molar-refractivity contribution in [3.8, 4) is 0 Å². The van der Waals surface area contributed by atoms with Crippen LogP contribution in [0.1, 0.15) is 20.8 Å². The van der Waals surface area contributed by atoms with E-state index in [4.69, 9.17) is 8.25 Å². The van der Waals surface area contributed by atoms with Gasteiger partial charge >= 0.3 is 67.4 Å².